The molecule has 188 valence electrons. The molecule has 2 aromatic heterocycles. The van der Waals surface area contributed by atoms with Crippen molar-refractivity contribution in [2.75, 3.05) is 13.6 Å². The summed E-state index contributed by atoms with van der Waals surface area (Å²) in [5, 5.41) is 17.9. The van der Waals surface area contributed by atoms with E-state index in [4.69, 9.17) is 9.47 Å². The van der Waals surface area contributed by atoms with Crippen molar-refractivity contribution in [1.82, 2.24) is 24.9 Å². The molecule has 10 heteroatoms. The molecule has 3 aliphatic rings. The van der Waals surface area contributed by atoms with Crippen LogP contribution < -0.4 is 4.74 Å². The Morgan fingerprint density at radius 1 is 1.23 bits per heavy atom. The van der Waals surface area contributed by atoms with Crippen molar-refractivity contribution in [2.45, 2.75) is 58.2 Å². The third-order valence-corrected chi connectivity index (χ3v) is 7.81. The van der Waals surface area contributed by atoms with Crippen LogP contribution in [0.15, 0.2) is 12.1 Å². The summed E-state index contributed by atoms with van der Waals surface area (Å²) in [6, 6.07) is 3.67. The summed E-state index contributed by atoms with van der Waals surface area (Å²) in [5.41, 5.74) is 2.53. The smallest absolute Gasteiger partial charge is 0.409 e. The van der Waals surface area contributed by atoms with Crippen LogP contribution in [0.3, 0.4) is 0 Å². The molecule has 0 aliphatic heterocycles. The summed E-state index contributed by atoms with van der Waals surface area (Å²) in [7, 11) is 3.52. The molecule has 0 radical (unpaired) electrons. The third-order valence-electron chi connectivity index (χ3n) is 7.81. The largest absolute Gasteiger partial charge is 0.488 e. The number of hydrogen-bond donors (Lipinski definition) is 1. The van der Waals surface area contributed by atoms with Gasteiger partial charge in [-0.15, -0.1) is 5.10 Å². The maximum absolute atomic E-state index is 12.4. The number of carboxylic acids is 1. The van der Waals surface area contributed by atoms with E-state index in [2.05, 4.69) is 15.3 Å². The molecule has 2 aromatic rings. The van der Waals surface area contributed by atoms with E-state index in [0.717, 1.165) is 12.8 Å². The van der Waals surface area contributed by atoms with Gasteiger partial charge in [0.1, 0.15) is 23.7 Å². The summed E-state index contributed by atoms with van der Waals surface area (Å²) in [6.45, 7) is 2.63. The van der Waals surface area contributed by atoms with E-state index >= 15 is 0 Å². The summed E-state index contributed by atoms with van der Waals surface area (Å²) < 4.78 is 13.3. The van der Waals surface area contributed by atoms with Crippen LogP contribution >= 0.6 is 0 Å². The standard InChI is InChI=1S/C25H33N5O5/c1-14-22(35-17-9-16-10-18(16)19(11-17)24(31)32)8-7-20(26-14)23-21(30(3)28-27-23)13-34-25(33)29(2)12-15-5-4-6-15/h7-8,15-19H,4-6,9-13H2,1-3H3,(H,31,32)/t16-,17-,18+,19-/m0/s1. The van der Waals surface area contributed by atoms with Crippen LogP contribution in [-0.4, -0.2) is 61.7 Å². The summed E-state index contributed by atoms with van der Waals surface area (Å²) in [6.07, 6.45) is 5.51. The zero-order valence-electron chi connectivity index (χ0n) is 20.5. The van der Waals surface area contributed by atoms with Gasteiger partial charge in [-0.25, -0.2) is 14.5 Å². The van der Waals surface area contributed by atoms with Crippen molar-refractivity contribution < 1.29 is 24.2 Å². The molecular formula is C25H33N5O5. The van der Waals surface area contributed by atoms with E-state index in [1.54, 1.807) is 23.7 Å². The van der Waals surface area contributed by atoms with E-state index in [-0.39, 0.29) is 24.7 Å². The average Bonchev–Trinajstić information content (AvgIpc) is 3.49. The summed E-state index contributed by atoms with van der Waals surface area (Å²) in [5.74, 6) is 0.960. The van der Waals surface area contributed by atoms with Gasteiger partial charge in [0.15, 0.2) is 0 Å². The number of carbonyl (C=O) groups is 2. The predicted octanol–water partition coefficient (Wildman–Crippen LogP) is 3.43. The minimum atomic E-state index is -0.721. The molecule has 10 nitrogen and oxygen atoms in total. The van der Waals surface area contributed by atoms with Crippen LogP contribution in [0.1, 0.15) is 49.9 Å². The van der Waals surface area contributed by atoms with Crippen LogP contribution in [0.4, 0.5) is 4.79 Å². The maximum atomic E-state index is 12.4. The van der Waals surface area contributed by atoms with E-state index in [1.807, 2.05) is 19.1 Å². The van der Waals surface area contributed by atoms with Crippen molar-refractivity contribution >= 4 is 12.1 Å². The Morgan fingerprint density at radius 2 is 2.03 bits per heavy atom. The first kappa shape index (κ1) is 23.6. The number of amides is 1. The van der Waals surface area contributed by atoms with E-state index in [1.165, 1.54) is 19.3 Å². The molecule has 0 aromatic carbocycles. The van der Waals surface area contributed by atoms with Gasteiger partial charge in [0, 0.05) is 20.6 Å². The Balaban J connectivity index is 1.24. The van der Waals surface area contributed by atoms with Gasteiger partial charge in [0.05, 0.1) is 23.4 Å². The predicted molar refractivity (Wildman–Crippen MR) is 125 cm³/mol. The summed E-state index contributed by atoms with van der Waals surface area (Å²) in [4.78, 5) is 30.3. The highest BCUT2D eigenvalue weighted by Gasteiger charge is 2.52. The van der Waals surface area contributed by atoms with Gasteiger partial charge in [-0.3, -0.25) is 4.79 Å². The number of hydrogen-bond acceptors (Lipinski definition) is 7. The molecule has 1 amide bonds. The average molecular weight is 484 g/mol. The van der Waals surface area contributed by atoms with Gasteiger partial charge in [-0.1, -0.05) is 11.6 Å². The Morgan fingerprint density at radius 3 is 2.71 bits per heavy atom. The first-order valence-corrected chi connectivity index (χ1v) is 12.4. The number of aryl methyl sites for hydroxylation is 2. The van der Waals surface area contributed by atoms with Crippen molar-refractivity contribution in [1.29, 1.82) is 0 Å². The van der Waals surface area contributed by atoms with Gasteiger partial charge < -0.3 is 19.5 Å². The van der Waals surface area contributed by atoms with Crippen molar-refractivity contribution in [3.63, 3.8) is 0 Å². The van der Waals surface area contributed by atoms with Crippen LogP contribution in [0.2, 0.25) is 0 Å². The molecule has 0 saturated heterocycles. The molecule has 3 saturated carbocycles. The number of aliphatic carboxylic acids is 1. The normalized spacial score (nSPS) is 25.3. The molecule has 0 spiro atoms. The molecule has 5 rings (SSSR count). The molecular weight excluding hydrogens is 450 g/mol. The lowest BCUT2D eigenvalue weighted by molar-refractivity contribution is -0.144. The fraction of sp³-hybridized carbons (Fsp3) is 0.640. The zero-order chi connectivity index (χ0) is 24.7. The molecule has 3 fully saturated rings. The van der Waals surface area contributed by atoms with Gasteiger partial charge in [-0.2, -0.15) is 0 Å². The second-order valence-electron chi connectivity index (χ2n) is 10.3. The van der Waals surface area contributed by atoms with Gasteiger partial charge in [0.25, 0.3) is 0 Å². The van der Waals surface area contributed by atoms with Crippen molar-refractivity contribution in [2.24, 2.45) is 30.7 Å². The number of pyridine rings is 1. The van der Waals surface area contributed by atoms with E-state index in [9.17, 15) is 14.7 Å². The molecule has 0 bridgehead atoms. The Labute approximate surface area is 204 Å². The highest BCUT2D eigenvalue weighted by molar-refractivity contribution is 5.71. The quantitative estimate of drug-likeness (QED) is 0.606. The topological polar surface area (TPSA) is 120 Å². The Kier molecular flexibility index (Phi) is 6.37. The summed E-state index contributed by atoms with van der Waals surface area (Å²) >= 11 is 0. The third kappa shape index (κ3) is 4.97. The monoisotopic (exact) mass is 483 g/mol. The number of carboxylic acid groups (broad SMARTS) is 1. The SMILES string of the molecule is Cc1nc(-c2nnn(C)c2COC(=O)N(C)CC2CCC2)ccc1O[C@H]1C[C@H]2C[C@H]2[C@@H](C(=O)O)C1. The lowest BCUT2D eigenvalue weighted by Crippen LogP contribution is -2.34. The van der Waals surface area contributed by atoms with E-state index < -0.39 is 5.97 Å². The highest BCUT2D eigenvalue weighted by atomic mass is 16.6. The van der Waals surface area contributed by atoms with Gasteiger partial charge in [0.2, 0.25) is 0 Å². The number of rotatable bonds is 8. The number of ether oxygens (including phenoxy) is 2. The second kappa shape index (κ2) is 9.47. The maximum Gasteiger partial charge on any atom is 0.409 e. The molecule has 1 N–H and O–H groups in total. The minimum Gasteiger partial charge on any atom is -0.488 e. The fourth-order valence-electron chi connectivity index (χ4n) is 5.41. The first-order valence-electron chi connectivity index (χ1n) is 12.4. The van der Waals surface area contributed by atoms with Crippen molar-refractivity contribution in [3.05, 3.63) is 23.5 Å². The molecule has 35 heavy (non-hydrogen) atoms. The zero-order valence-corrected chi connectivity index (χ0v) is 20.5. The van der Waals surface area contributed by atoms with Gasteiger partial charge >= 0.3 is 12.1 Å². The number of aromatic nitrogens is 4. The fourth-order valence-corrected chi connectivity index (χ4v) is 5.41. The molecule has 4 atom stereocenters. The Hall–Kier alpha value is -3.17. The highest BCUT2D eigenvalue weighted by Crippen LogP contribution is 2.53. The Bertz CT molecular complexity index is 1110. The van der Waals surface area contributed by atoms with Crippen LogP contribution in [0, 0.1) is 30.6 Å². The molecule has 0 unspecified atom stereocenters. The molecule has 2 heterocycles. The minimum absolute atomic E-state index is 0.0485. The number of carbonyl (C=O) groups excluding carboxylic acids is 1. The lowest BCUT2D eigenvalue weighted by Gasteiger charge is -2.29. The lowest BCUT2D eigenvalue weighted by atomic mass is 9.85. The van der Waals surface area contributed by atoms with Crippen LogP contribution in [0.25, 0.3) is 11.4 Å². The second-order valence-corrected chi connectivity index (χ2v) is 10.3. The van der Waals surface area contributed by atoms with E-state index in [0.29, 0.717) is 59.2 Å². The van der Waals surface area contributed by atoms with Crippen LogP contribution in [0.5, 0.6) is 5.75 Å². The van der Waals surface area contributed by atoms with Gasteiger partial charge in [-0.05, 0) is 68.9 Å². The number of fused-ring (bicyclic) bond motifs is 1. The molecule has 3 aliphatic carbocycles. The number of nitrogens with zero attached hydrogens (tertiary/aromatic N) is 5. The first-order chi connectivity index (χ1) is 16.8. The van der Waals surface area contributed by atoms with Crippen LogP contribution in [-0.2, 0) is 23.2 Å². The van der Waals surface area contributed by atoms with Crippen molar-refractivity contribution in [3.8, 4) is 17.1 Å².